The number of ether oxygens (including phenoxy) is 1. The molecule has 0 unspecified atom stereocenters. The Kier molecular flexibility index (Phi) is 8.40. The number of carbonyl (C=O) groups excluding carboxylic acids is 2. The number of hydrogen-bond acceptors (Lipinski definition) is 5. The zero-order valence-electron chi connectivity index (χ0n) is 19.1. The molecule has 2 aromatic rings. The number of nitrogens with one attached hydrogen (secondary N) is 2. The molecule has 9 heteroatoms. The lowest BCUT2D eigenvalue weighted by molar-refractivity contribution is -0.116. The molecule has 0 aliphatic rings. The van der Waals surface area contributed by atoms with E-state index in [0.717, 1.165) is 11.1 Å². The predicted molar refractivity (Wildman–Crippen MR) is 124 cm³/mol. The summed E-state index contributed by atoms with van der Waals surface area (Å²) in [7, 11) is -0.458. The molecule has 32 heavy (non-hydrogen) atoms. The van der Waals surface area contributed by atoms with Gasteiger partial charge in [0, 0.05) is 25.7 Å². The number of amides is 2. The Labute approximate surface area is 190 Å². The second-order valence-electron chi connectivity index (χ2n) is 8.44. The molecule has 0 heterocycles. The van der Waals surface area contributed by atoms with Crippen LogP contribution in [0.4, 0.5) is 10.5 Å². The van der Waals surface area contributed by atoms with Crippen LogP contribution in [0.3, 0.4) is 0 Å². The highest BCUT2D eigenvalue weighted by Crippen LogP contribution is 2.16. The third-order valence-corrected chi connectivity index (χ3v) is 5.91. The maximum atomic E-state index is 12.4. The van der Waals surface area contributed by atoms with Gasteiger partial charge in [-0.3, -0.25) is 4.79 Å². The highest BCUT2D eigenvalue weighted by molar-refractivity contribution is 7.89. The van der Waals surface area contributed by atoms with Gasteiger partial charge in [0.25, 0.3) is 0 Å². The zero-order valence-corrected chi connectivity index (χ0v) is 20.0. The summed E-state index contributed by atoms with van der Waals surface area (Å²) in [4.78, 5) is 26.1. The average Bonchev–Trinajstić information content (AvgIpc) is 2.71. The van der Waals surface area contributed by atoms with Gasteiger partial charge in [-0.05, 0) is 69.6 Å². The monoisotopic (exact) mass is 461 g/mol. The summed E-state index contributed by atoms with van der Waals surface area (Å²) in [5.41, 5.74) is 1.80. The van der Waals surface area contributed by atoms with Gasteiger partial charge in [0.05, 0.1) is 4.90 Å². The van der Waals surface area contributed by atoms with Crippen molar-refractivity contribution >= 4 is 27.7 Å². The van der Waals surface area contributed by atoms with Gasteiger partial charge >= 0.3 is 6.09 Å². The van der Waals surface area contributed by atoms with Crippen LogP contribution in [0.15, 0.2) is 53.4 Å². The smallest absolute Gasteiger partial charge is 0.410 e. The molecule has 2 aromatic carbocycles. The van der Waals surface area contributed by atoms with Gasteiger partial charge in [-0.25, -0.2) is 17.9 Å². The fourth-order valence-corrected chi connectivity index (χ4v) is 3.59. The largest absolute Gasteiger partial charge is 0.444 e. The molecule has 0 saturated heterocycles. The van der Waals surface area contributed by atoms with Crippen molar-refractivity contribution in [3.63, 3.8) is 0 Å². The average molecular weight is 462 g/mol. The van der Waals surface area contributed by atoms with Crippen LogP contribution in [0.25, 0.3) is 0 Å². The Bertz CT molecular complexity index is 1040. The minimum Gasteiger partial charge on any atom is -0.444 e. The Morgan fingerprint density at radius 3 is 2.28 bits per heavy atom. The van der Waals surface area contributed by atoms with Crippen molar-refractivity contribution in [2.24, 2.45) is 0 Å². The van der Waals surface area contributed by atoms with Crippen LogP contribution in [0, 0.1) is 0 Å². The second kappa shape index (κ2) is 10.6. The molecular formula is C23H31N3O5S. The number of carbonyl (C=O) groups is 2. The van der Waals surface area contributed by atoms with Crippen LogP contribution in [0.2, 0.25) is 0 Å². The highest BCUT2D eigenvalue weighted by atomic mass is 32.2. The van der Waals surface area contributed by atoms with Gasteiger partial charge in [-0.2, -0.15) is 0 Å². The number of sulfonamides is 1. The molecule has 0 atom stereocenters. The molecule has 2 rings (SSSR count). The summed E-state index contributed by atoms with van der Waals surface area (Å²) in [5, 5.41) is 2.86. The van der Waals surface area contributed by atoms with E-state index < -0.39 is 21.7 Å². The normalized spacial score (nSPS) is 11.7. The first-order chi connectivity index (χ1) is 14.9. The van der Waals surface area contributed by atoms with E-state index >= 15 is 0 Å². The van der Waals surface area contributed by atoms with Crippen LogP contribution in [0.5, 0.6) is 0 Å². The number of nitrogens with zero attached hydrogens (tertiary/aromatic N) is 1. The third-order valence-electron chi connectivity index (χ3n) is 4.48. The second-order valence-corrected chi connectivity index (χ2v) is 10.3. The van der Waals surface area contributed by atoms with E-state index in [1.807, 2.05) is 39.0 Å². The van der Waals surface area contributed by atoms with Crippen LogP contribution in [-0.2, 0) is 32.5 Å². The number of benzene rings is 2. The summed E-state index contributed by atoms with van der Waals surface area (Å²) >= 11 is 0. The molecular weight excluding hydrogens is 430 g/mol. The number of anilines is 1. The van der Waals surface area contributed by atoms with E-state index in [0.29, 0.717) is 18.7 Å². The van der Waals surface area contributed by atoms with Crippen molar-refractivity contribution in [1.29, 1.82) is 0 Å². The van der Waals surface area contributed by atoms with Crippen LogP contribution in [0.1, 0.15) is 38.3 Å². The molecule has 0 fully saturated rings. The molecule has 2 N–H and O–H groups in total. The SMILES string of the molecule is CNS(=O)(=O)c1ccc(CCC(=O)Nc2cccc(CN(C)C(=O)OC(C)(C)C)c2)cc1. The maximum Gasteiger partial charge on any atom is 0.410 e. The van der Waals surface area contributed by atoms with Crippen molar-refractivity contribution in [3.8, 4) is 0 Å². The highest BCUT2D eigenvalue weighted by Gasteiger charge is 2.19. The van der Waals surface area contributed by atoms with Crippen LogP contribution in [-0.4, -0.2) is 45.0 Å². The first-order valence-corrected chi connectivity index (χ1v) is 11.7. The molecule has 8 nitrogen and oxygen atoms in total. The zero-order chi connectivity index (χ0) is 23.9. The summed E-state index contributed by atoms with van der Waals surface area (Å²) in [6.45, 7) is 5.79. The standard InChI is InChI=1S/C23H31N3O5S/c1-23(2,3)31-22(28)26(5)16-18-7-6-8-19(15-18)25-21(27)14-11-17-9-12-20(13-10-17)32(29,30)24-4/h6-10,12-13,15,24H,11,14,16H2,1-5H3,(H,25,27). The molecule has 0 aliphatic heterocycles. The van der Waals surface area contributed by atoms with E-state index in [2.05, 4.69) is 10.0 Å². The van der Waals surface area contributed by atoms with E-state index in [1.165, 1.54) is 24.1 Å². The third kappa shape index (κ3) is 7.97. The fraction of sp³-hybridized carbons (Fsp3) is 0.391. The lowest BCUT2D eigenvalue weighted by Crippen LogP contribution is -2.33. The lowest BCUT2D eigenvalue weighted by Gasteiger charge is -2.24. The molecule has 0 aromatic heterocycles. The minimum atomic E-state index is -3.48. The predicted octanol–water partition coefficient (Wildman–Crippen LogP) is 3.53. The molecule has 0 spiro atoms. The van der Waals surface area contributed by atoms with Gasteiger partial charge in [0.15, 0.2) is 0 Å². The first-order valence-electron chi connectivity index (χ1n) is 10.2. The van der Waals surface area contributed by atoms with Crippen LogP contribution < -0.4 is 10.0 Å². The minimum absolute atomic E-state index is 0.158. The van der Waals surface area contributed by atoms with Gasteiger partial charge in [0.2, 0.25) is 15.9 Å². The molecule has 0 aliphatic carbocycles. The Balaban J connectivity index is 1.90. The summed E-state index contributed by atoms with van der Waals surface area (Å²) in [5.74, 6) is -0.158. The lowest BCUT2D eigenvalue weighted by atomic mass is 10.1. The van der Waals surface area contributed by atoms with E-state index in [1.54, 1.807) is 25.2 Å². The van der Waals surface area contributed by atoms with Gasteiger partial charge in [0.1, 0.15) is 5.60 Å². The van der Waals surface area contributed by atoms with Gasteiger partial charge in [-0.15, -0.1) is 0 Å². The maximum absolute atomic E-state index is 12.4. The first kappa shape index (κ1) is 25.4. The summed E-state index contributed by atoms with van der Waals surface area (Å²) in [6.07, 6.45) is 0.313. The molecule has 0 bridgehead atoms. The molecule has 0 radical (unpaired) electrons. The van der Waals surface area contributed by atoms with E-state index in [-0.39, 0.29) is 17.2 Å². The Morgan fingerprint density at radius 1 is 1.03 bits per heavy atom. The Hall–Kier alpha value is -2.91. The van der Waals surface area contributed by atoms with Crippen molar-refractivity contribution in [1.82, 2.24) is 9.62 Å². The number of hydrogen-bond donors (Lipinski definition) is 2. The molecule has 2 amide bonds. The summed E-state index contributed by atoms with van der Waals surface area (Å²) in [6, 6.07) is 13.7. The van der Waals surface area contributed by atoms with Gasteiger partial charge in [-0.1, -0.05) is 24.3 Å². The number of aryl methyl sites for hydroxylation is 1. The van der Waals surface area contributed by atoms with Crippen molar-refractivity contribution < 1.29 is 22.7 Å². The van der Waals surface area contributed by atoms with Crippen molar-refractivity contribution in [3.05, 3.63) is 59.7 Å². The fourth-order valence-electron chi connectivity index (χ4n) is 2.86. The van der Waals surface area contributed by atoms with E-state index in [9.17, 15) is 18.0 Å². The quantitative estimate of drug-likeness (QED) is 0.626. The van der Waals surface area contributed by atoms with E-state index in [4.69, 9.17) is 4.74 Å². The Morgan fingerprint density at radius 2 is 1.69 bits per heavy atom. The summed E-state index contributed by atoms with van der Waals surface area (Å²) < 4.78 is 31.2. The number of rotatable bonds is 8. The van der Waals surface area contributed by atoms with Crippen molar-refractivity contribution in [2.75, 3.05) is 19.4 Å². The topological polar surface area (TPSA) is 105 Å². The van der Waals surface area contributed by atoms with Crippen molar-refractivity contribution in [2.45, 2.75) is 50.7 Å². The molecule has 0 saturated carbocycles. The van der Waals surface area contributed by atoms with Gasteiger partial charge < -0.3 is 15.0 Å². The van der Waals surface area contributed by atoms with Crippen LogP contribution >= 0.6 is 0 Å². The molecule has 174 valence electrons.